The molecule has 1 heterocycles. The van der Waals surface area contributed by atoms with Crippen molar-refractivity contribution in [1.82, 2.24) is 0 Å². The number of benzene rings is 1. The summed E-state index contributed by atoms with van der Waals surface area (Å²) in [5, 5.41) is 0. The zero-order valence-corrected chi connectivity index (χ0v) is 11.0. The predicted octanol–water partition coefficient (Wildman–Crippen LogP) is 1.93. The van der Waals surface area contributed by atoms with E-state index in [0.717, 1.165) is 18.4 Å². The van der Waals surface area contributed by atoms with Gasteiger partial charge in [-0.3, -0.25) is 9.59 Å². The van der Waals surface area contributed by atoms with Gasteiger partial charge >= 0.3 is 11.9 Å². The first kappa shape index (κ1) is 11.9. The van der Waals surface area contributed by atoms with E-state index in [0.29, 0.717) is 0 Å². The lowest BCUT2D eigenvalue weighted by atomic mass is 9.80. The smallest absolute Gasteiger partial charge is 0.310 e. The van der Waals surface area contributed by atoms with Gasteiger partial charge in [-0.25, -0.2) is 0 Å². The Morgan fingerprint density at radius 3 is 2.85 bits per heavy atom. The number of carbonyl (C=O) groups is 2. The van der Waals surface area contributed by atoms with Crippen LogP contribution in [0, 0.1) is 23.7 Å². The molecule has 0 spiro atoms. The first-order chi connectivity index (χ1) is 9.74. The fourth-order valence-corrected chi connectivity index (χ4v) is 4.15. The number of carbonyl (C=O) groups excluding carboxylic acids is 2. The molecular weight excluding hydrogens is 256 g/mol. The molecule has 0 N–H and O–H groups in total. The molecule has 2 saturated carbocycles. The van der Waals surface area contributed by atoms with Crippen LogP contribution >= 0.6 is 0 Å². The molecule has 4 rings (SSSR count). The molecule has 0 amide bonds. The summed E-state index contributed by atoms with van der Waals surface area (Å²) >= 11 is 0. The van der Waals surface area contributed by atoms with Gasteiger partial charge in [-0.05, 0) is 24.3 Å². The molecule has 20 heavy (non-hydrogen) atoms. The third kappa shape index (κ3) is 1.67. The van der Waals surface area contributed by atoms with Gasteiger partial charge in [0.15, 0.2) is 0 Å². The van der Waals surface area contributed by atoms with Crippen LogP contribution < -0.4 is 0 Å². The molecule has 1 aromatic carbocycles. The van der Waals surface area contributed by atoms with Crippen LogP contribution in [-0.4, -0.2) is 18.0 Å². The van der Waals surface area contributed by atoms with E-state index in [1.165, 1.54) is 0 Å². The molecule has 5 atom stereocenters. The Morgan fingerprint density at radius 2 is 2.05 bits per heavy atom. The summed E-state index contributed by atoms with van der Waals surface area (Å²) < 4.78 is 10.8. The average molecular weight is 272 g/mol. The molecule has 4 nitrogen and oxygen atoms in total. The highest BCUT2D eigenvalue weighted by molar-refractivity contribution is 5.85. The minimum atomic E-state index is -0.282. The monoisotopic (exact) mass is 272 g/mol. The van der Waals surface area contributed by atoms with Crippen LogP contribution in [0.3, 0.4) is 0 Å². The van der Waals surface area contributed by atoms with Gasteiger partial charge in [-0.2, -0.15) is 0 Å². The summed E-state index contributed by atoms with van der Waals surface area (Å²) in [7, 11) is 0. The Bertz CT molecular complexity index is 551. The number of esters is 2. The highest BCUT2D eigenvalue weighted by Crippen LogP contribution is 2.57. The Morgan fingerprint density at radius 1 is 1.25 bits per heavy atom. The molecule has 1 aromatic rings. The van der Waals surface area contributed by atoms with Crippen LogP contribution in [0.5, 0.6) is 0 Å². The number of hydrogen-bond acceptors (Lipinski definition) is 4. The highest BCUT2D eigenvalue weighted by atomic mass is 16.6. The number of ether oxygens (including phenoxy) is 2. The molecule has 0 aromatic heterocycles. The fraction of sp³-hybridized carbons (Fsp3) is 0.500. The molecule has 4 heteroatoms. The summed E-state index contributed by atoms with van der Waals surface area (Å²) in [6.45, 7) is 0.277. The predicted molar refractivity (Wildman–Crippen MR) is 69.3 cm³/mol. The third-order valence-corrected chi connectivity index (χ3v) is 4.98. The van der Waals surface area contributed by atoms with E-state index in [1.54, 1.807) is 0 Å². The lowest BCUT2D eigenvalue weighted by Crippen LogP contribution is -2.33. The summed E-state index contributed by atoms with van der Waals surface area (Å²) in [6, 6.07) is 9.61. The lowest BCUT2D eigenvalue weighted by molar-refractivity contribution is -0.156. The zero-order valence-electron chi connectivity index (χ0n) is 11.0. The van der Waals surface area contributed by atoms with Gasteiger partial charge in [0, 0.05) is 5.92 Å². The quantitative estimate of drug-likeness (QED) is 0.789. The van der Waals surface area contributed by atoms with Crippen molar-refractivity contribution in [2.75, 3.05) is 0 Å². The normalized spacial score (nSPS) is 37.0. The van der Waals surface area contributed by atoms with Crippen LogP contribution in [0.25, 0.3) is 0 Å². The maximum Gasteiger partial charge on any atom is 0.310 e. The molecule has 2 bridgehead atoms. The van der Waals surface area contributed by atoms with E-state index < -0.39 is 0 Å². The van der Waals surface area contributed by atoms with Gasteiger partial charge in [0.05, 0.1) is 11.8 Å². The average Bonchev–Trinajstić information content (AvgIpc) is 3.07. The summed E-state index contributed by atoms with van der Waals surface area (Å²) in [5.74, 6) is -0.436. The Hall–Kier alpha value is -1.84. The molecule has 0 radical (unpaired) electrons. The maximum atomic E-state index is 12.3. The maximum absolute atomic E-state index is 12.3. The van der Waals surface area contributed by atoms with E-state index in [1.807, 2.05) is 30.3 Å². The lowest BCUT2D eigenvalue weighted by Gasteiger charge is -2.22. The number of hydrogen-bond donors (Lipinski definition) is 0. The van der Waals surface area contributed by atoms with Gasteiger partial charge in [0.1, 0.15) is 12.7 Å². The van der Waals surface area contributed by atoms with E-state index in [-0.39, 0.29) is 48.3 Å². The minimum Gasteiger partial charge on any atom is -0.462 e. The van der Waals surface area contributed by atoms with Crippen LogP contribution in [0.1, 0.15) is 18.4 Å². The number of rotatable bonds is 3. The fourth-order valence-electron chi connectivity index (χ4n) is 4.15. The van der Waals surface area contributed by atoms with Gasteiger partial charge in [-0.15, -0.1) is 0 Å². The van der Waals surface area contributed by atoms with E-state index in [2.05, 4.69) is 0 Å². The van der Waals surface area contributed by atoms with Crippen LogP contribution in [0.2, 0.25) is 0 Å². The molecule has 1 saturated heterocycles. The topological polar surface area (TPSA) is 52.6 Å². The van der Waals surface area contributed by atoms with Gasteiger partial charge < -0.3 is 9.47 Å². The van der Waals surface area contributed by atoms with E-state index >= 15 is 0 Å². The molecule has 104 valence electrons. The summed E-state index contributed by atoms with van der Waals surface area (Å²) in [5.41, 5.74) is 0.968. The molecular formula is C16H16O4. The van der Waals surface area contributed by atoms with E-state index in [9.17, 15) is 9.59 Å². The SMILES string of the molecule is O=C1O[C@@H]2CC3CC2[C@@H]1[C@H]3C(=O)OCc1ccccc1. The standard InChI is InChI=1S/C16H16O4/c17-15(19-8-9-4-2-1-3-5-9)13-10-6-11-12(7-10)20-16(18)14(11)13/h1-5,10-14H,6-8H2/t10?,11?,12-,13+,14-/m1/s1. The Balaban J connectivity index is 1.46. The van der Waals surface area contributed by atoms with Crippen molar-refractivity contribution in [3.05, 3.63) is 35.9 Å². The van der Waals surface area contributed by atoms with Crippen molar-refractivity contribution in [2.45, 2.75) is 25.6 Å². The van der Waals surface area contributed by atoms with Crippen molar-refractivity contribution >= 4 is 11.9 Å². The molecule has 3 aliphatic rings. The second kappa shape index (κ2) is 4.33. The second-order valence-electron chi connectivity index (χ2n) is 6.02. The van der Waals surface area contributed by atoms with Crippen molar-refractivity contribution in [3.8, 4) is 0 Å². The van der Waals surface area contributed by atoms with Crippen molar-refractivity contribution < 1.29 is 19.1 Å². The van der Waals surface area contributed by atoms with Crippen molar-refractivity contribution in [2.24, 2.45) is 23.7 Å². The van der Waals surface area contributed by atoms with Crippen molar-refractivity contribution in [3.63, 3.8) is 0 Å². The largest absolute Gasteiger partial charge is 0.462 e. The first-order valence-corrected chi connectivity index (χ1v) is 7.15. The summed E-state index contributed by atoms with van der Waals surface area (Å²) in [6.07, 6.45) is 1.83. The van der Waals surface area contributed by atoms with Crippen LogP contribution in [0.4, 0.5) is 0 Å². The molecule has 3 fully saturated rings. The van der Waals surface area contributed by atoms with E-state index in [4.69, 9.17) is 9.47 Å². The Labute approximate surface area is 117 Å². The first-order valence-electron chi connectivity index (χ1n) is 7.15. The van der Waals surface area contributed by atoms with Gasteiger partial charge in [0.2, 0.25) is 0 Å². The molecule has 1 aliphatic heterocycles. The number of fused-ring (bicyclic) bond motifs is 1. The van der Waals surface area contributed by atoms with Crippen LogP contribution in [-0.2, 0) is 25.7 Å². The summed E-state index contributed by atoms with van der Waals surface area (Å²) in [4.78, 5) is 24.2. The second-order valence-corrected chi connectivity index (χ2v) is 6.02. The molecule has 2 aliphatic carbocycles. The Kier molecular flexibility index (Phi) is 2.59. The van der Waals surface area contributed by atoms with Gasteiger partial charge in [0.25, 0.3) is 0 Å². The highest BCUT2D eigenvalue weighted by Gasteiger charge is 2.64. The third-order valence-electron chi connectivity index (χ3n) is 4.98. The minimum absolute atomic E-state index is 0.0654. The van der Waals surface area contributed by atoms with Crippen LogP contribution in [0.15, 0.2) is 30.3 Å². The van der Waals surface area contributed by atoms with Crippen molar-refractivity contribution in [1.29, 1.82) is 0 Å². The van der Waals surface area contributed by atoms with Gasteiger partial charge in [-0.1, -0.05) is 30.3 Å². The molecule has 2 unspecified atom stereocenters. The zero-order chi connectivity index (χ0) is 13.7.